The monoisotopic (exact) mass is 362 g/mol. The van der Waals surface area contributed by atoms with E-state index in [1.807, 2.05) is 25.2 Å². The molecule has 1 saturated heterocycles. The predicted octanol–water partition coefficient (Wildman–Crippen LogP) is 2.59. The molecule has 1 aromatic carbocycles. The Kier molecular flexibility index (Phi) is 6.79. The van der Waals surface area contributed by atoms with Gasteiger partial charge in [-0.15, -0.1) is 12.4 Å². The van der Waals surface area contributed by atoms with E-state index in [9.17, 15) is 4.79 Å². The summed E-state index contributed by atoms with van der Waals surface area (Å²) in [4.78, 5) is 14.0. The lowest BCUT2D eigenvalue weighted by Gasteiger charge is -2.22. The molecule has 0 spiro atoms. The number of hydrogen-bond donors (Lipinski definition) is 1. The van der Waals surface area contributed by atoms with Crippen LogP contribution in [-0.4, -0.2) is 37.6 Å². The summed E-state index contributed by atoms with van der Waals surface area (Å²) in [5.74, 6) is 0.960. The normalized spacial score (nSPS) is 17.4. The van der Waals surface area contributed by atoms with Crippen LogP contribution in [0.1, 0.15) is 18.4 Å². The quantitative estimate of drug-likeness (QED) is 0.894. The highest BCUT2D eigenvalue weighted by Crippen LogP contribution is 2.24. The molecule has 1 amide bonds. The largest absolute Gasteiger partial charge is 0.496 e. The number of benzene rings is 1. The number of methoxy groups -OCH3 is 1. The van der Waals surface area contributed by atoms with Gasteiger partial charge in [0, 0.05) is 23.6 Å². The Balaban J connectivity index is 0.00000200. The number of hydrogen-bond acceptors (Lipinski definition) is 3. The van der Waals surface area contributed by atoms with Crippen LogP contribution in [0.2, 0.25) is 0 Å². The number of amides is 1. The van der Waals surface area contributed by atoms with Crippen molar-refractivity contribution in [2.24, 2.45) is 0 Å². The van der Waals surface area contributed by atoms with Crippen LogP contribution in [-0.2, 0) is 11.3 Å². The highest BCUT2D eigenvalue weighted by Gasteiger charge is 2.25. The van der Waals surface area contributed by atoms with Crippen LogP contribution >= 0.6 is 28.3 Å². The minimum atomic E-state index is -0.0249. The predicted molar refractivity (Wildman–Crippen MR) is 85.4 cm³/mol. The topological polar surface area (TPSA) is 41.6 Å². The Morgan fingerprint density at radius 2 is 2.30 bits per heavy atom. The first kappa shape index (κ1) is 17.3. The summed E-state index contributed by atoms with van der Waals surface area (Å²) < 4.78 is 6.32. The zero-order chi connectivity index (χ0) is 13.8. The van der Waals surface area contributed by atoms with Crippen molar-refractivity contribution in [1.82, 2.24) is 10.2 Å². The highest BCUT2D eigenvalue weighted by molar-refractivity contribution is 9.10. The summed E-state index contributed by atoms with van der Waals surface area (Å²) in [5.41, 5.74) is 1.01. The average molecular weight is 364 g/mol. The minimum absolute atomic E-state index is 0. The van der Waals surface area contributed by atoms with Gasteiger partial charge >= 0.3 is 0 Å². The van der Waals surface area contributed by atoms with Gasteiger partial charge in [-0.1, -0.05) is 15.9 Å². The molecule has 1 fully saturated rings. The van der Waals surface area contributed by atoms with E-state index in [0.29, 0.717) is 6.54 Å². The van der Waals surface area contributed by atoms with Crippen LogP contribution in [0.25, 0.3) is 0 Å². The summed E-state index contributed by atoms with van der Waals surface area (Å²) in [6, 6.07) is 5.81. The number of carbonyl (C=O) groups excluding carboxylic acids is 1. The molecule has 0 aromatic heterocycles. The van der Waals surface area contributed by atoms with E-state index in [1.54, 1.807) is 12.0 Å². The molecular weight excluding hydrogens is 344 g/mol. The lowest BCUT2D eigenvalue weighted by Crippen LogP contribution is -2.41. The van der Waals surface area contributed by atoms with E-state index in [2.05, 4.69) is 21.2 Å². The fraction of sp³-hybridized carbons (Fsp3) is 0.500. The first-order valence-electron chi connectivity index (χ1n) is 6.42. The van der Waals surface area contributed by atoms with E-state index in [0.717, 1.165) is 35.2 Å². The maximum Gasteiger partial charge on any atom is 0.239 e. The number of likely N-dealkylation sites (N-methyl/N-ethyl adjacent to an activating group) is 1. The van der Waals surface area contributed by atoms with Gasteiger partial charge in [-0.25, -0.2) is 0 Å². The van der Waals surface area contributed by atoms with Crippen LogP contribution < -0.4 is 10.1 Å². The fourth-order valence-electron chi connectivity index (χ4n) is 2.37. The molecule has 1 N–H and O–H groups in total. The second-order valence-electron chi connectivity index (χ2n) is 4.80. The average Bonchev–Trinajstić information content (AvgIpc) is 2.92. The summed E-state index contributed by atoms with van der Waals surface area (Å²) in [6.45, 7) is 1.49. The molecule has 112 valence electrons. The summed E-state index contributed by atoms with van der Waals surface area (Å²) >= 11 is 3.45. The Bertz CT molecular complexity index is 464. The van der Waals surface area contributed by atoms with Crippen molar-refractivity contribution in [1.29, 1.82) is 0 Å². The Hall–Kier alpha value is -0.780. The third-order valence-corrected chi connectivity index (χ3v) is 3.88. The van der Waals surface area contributed by atoms with Crippen molar-refractivity contribution < 1.29 is 9.53 Å². The van der Waals surface area contributed by atoms with E-state index in [1.165, 1.54) is 0 Å². The van der Waals surface area contributed by atoms with Crippen LogP contribution in [0.4, 0.5) is 0 Å². The third-order valence-electron chi connectivity index (χ3n) is 3.38. The van der Waals surface area contributed by atoms with Crippen LogP contribution in [0.3, 0.4) is 0 Å². The molecule has 1 aromatic rings. The van der Waals surface area contributed by atoms with Crippen molar-refractivity contribution in [3.63, 3.8) is 0 Å². The van der Waals surface area contributed by atoms with Gasteiger partial charge in [-0.3, -0.25) is 4.79 Å². The third kappa shape index (κ3) is 4.11. The van der Waals surface area contributed by atoms with E-state index < -0.39 is 0 Å². The number of halogens is 2. The molecule has 0 saturated carbocycles. The van der Waals surface area contributed by atoms with Crippen molar-refractivity contribution in [3.8, 4) is 5.75 Å². The summed E-state index contributed by atoms with van der Waals surface area (Å²) in [6.07, 6.45) is 2.00. The molecule has 4 nitrogen and oxygen atoms in total. The molecule has 20 heavy (non-hydrogen) atoms. The van der Waals surface area contributed by atoms with Crippen LogP contribution in [0.15, 0.2) is 22.7 Å². The second-order valence-corrected chi connectivity index (χ2v) is 5.72. The number of nitrogens with zero attached hydrogens (tertiary/aromatic N) is 1. The van der Waals surface area contributed by atoms with Crippen molar-refractivity contribution in [3.05, 3.63) is 28.2 Å². The molecule has 1 atom stereocenters. The first-order valence-corrected chi connectivity index (χ1v) is 7.22. The van der Waals surface area contributed by atoms with E-state index in [-0.39, 0.29) is 24.4 Å². The molecule has 1 aliphatic heterocycles. The summed E-state index contributed by atoms with van der Waals surface area (Å²) in [5, 5.41) is 3.23. The second kappa shape index (κ2) is 7.86. The van der Waals surface area contributed by atoms with Gasteiger partial charge in [0.15, 0.2) is 0 Å². The van der Waals surface area contributed by atoms with Crippen LogP contribution in [0.5, 0.6) is 5.75 Å². The Morgan fingerprint density at radius 1 is 1.55 bits per heavy atom. The molecule has 1 heterocycles. The maximum absolute atomic E-state index is 12.2. The van der Waals surface area contributed by atoms with E-state index in [4.69, 9.17) is 4.74 Å². The standard InChI is InChI=1S/C14H19BrN2O2.ClH/c1-17(14(18)12-4-3-7-16-12)9-10-8-11(15)5-6-13(10)19-2;/h5-6,8,12,16H,3-4,7,9H2,1-2H3;1H/t12-;/m0./s1. The maximum atomic E-state index is 12.2. The summed E-state index contributed by atoms with van der Waals surface area (Å²) in [7, 11) is 3.48. The number of carbonyl (C=O) groups is 1. The number of rotatable bonds is 4. The van der Waals surface area contributed by atoms with Gasteiger partial charge in [0.1, 0.15) is 5.75 Å². The van der Waals surface area contributed by atoms with Gasteiger partial charge in [0.2, 0.25) is 5.91 Å². The van der Waals surface area contributed by atoms with Crippen molar-refractivity contribution >= 4 is 34.2 Å². The lowest BCUT2D eigenvalue weighted by molar-refractivity contribution is -0.132. The van der Waals surface area contributed by atoms with E-state index >= 15 is 0 Å². The van der Waals surface area contributed by atoms with Gasteiger partial charge in [0.05, 0.1) is 13.2 Å². The Morgan fingerprint density at radius 3 is 2.90 bits per heavy atom. The zero-order valence-electron chi connectivity index (χ0n) is 11.7. The molecule has 0 radical (unpaired) electrons. The molecular formula is C14H20BrClN2O2. The van der Waals surface area contributed by atoms with Crippen molar-refractivity contribution in [2.45, 2.75) is 25.4 Å². The number of ether oxygens (including phenoxy) is 1. The molecule has 1 aliphatic rings. The first-order chi connectivity index (χ1) is 9.11. The Labute approximate surface area is 134 Å². The smallest absolute Gasteiger partial charge is 0.239 e. The zero-order valence-corrected chi connectivity index (χ0v) is 14.1. The molecule has 0 aliphatic carbocycles. The molecule has 2 rings (SSSR count). The molecule has 6 heteroatoms. The molecule has 0 unspecified atom stereocenters. The fourth-order valence-corrected chi connectivity index (χ4v) is 2.77. The van der Waals surface area contributed by atoms with Gasteiger partial charge in [-0.05, 0) is 37.6 Å². The minimum Gasteiger partial charge on any atom is -0.496 e. The SMILES string of the molecule is COc1ccc(Br)cc1CN(C)C(=O)[C@@H]1CCCN1.Cl. The lowest BCUT2D eigenvalue weighted by atomic mass is 10.1. The van der Waals surface area contributed by atoms with Gasteiger partial charge in [0.25, 0.3) is 0 Å². The van der Waals surface area contributed by atoms with Gasteiger partial charge < -0.3 is 15.0 Å². The highest BCUT2D eigenvalue weighted by atomic mass is 79.9. The number of nitrogens with one attached hydrogen (secondary N) is 1. The molecule has 0 bridgehead atoms. The van der Waals surface area contributed by atoms with Gasteiger partial charge in [-0.2, -0.15) is 0 Å². The van der Waals surface area contributed by atoms with Crippen molar-refractivity contribution in [2.75, 3.05) is 20.7 Å². The van der Waals surface area contributed by atoms with Crippen LogP contribution in [0, 0.1) is 0 Å².